The Morgan fingerprint density at radius 1 is 0.950 bits per heavy atom. The molecule has 0 saturated heterocycles. The summed E-state index contributed by atoms with van der Waals surface area (Å²) in [5, 5.41) is 0. The number of fused-ring (bicyclic) bond motifs is 6. The summed E-state index contributed by atoms with van der Waals surface area (Å²) in [7, 11) is 1.71. The second-order valence-electron chi connectivity index (χ2n) is 5.42. The number of nitrogens with two attached hydrogens (primary N) is 1. The van der Waals surface area contributed by atoms with E-state index in [1.807, 2.05) is 12.1 Å². The fourth-order valence-corrected chi connectivity index (χ4v) is 3.20. The average molecular weight is 267 g/mol. The molecule has 2 aromatic carbocycles. The van der Waals surface area contributed by atoms with Crippen molar-refractivity contribution in [1.29, 1.82) is 0 Å². The molecule has 2 aromatic rings. The van der Waals surface area contributed by atoms with Gasteiger partial charge in [-0.3, -0.25) is 0 Å². The van der Waals surface area contributed by atoms with Gasteiger partial charge in [0.05, 0.1) is 13.8 Å². The minimum Gasteiger partial charge on any atom is -0.497 e. The lowest BCUT2D eigenvalue weighted by Gasteiger charge is -2.44. The van der Waals surface area contributed by atoms with Gasteiger partial charge in [0.1, 0.15) is 5.75 Å². The van der Waals surface area contributed by atoms with Gasteiger partial charge in [-0.15, -0.1) is 0 Å². The second-order valence-corrected chi connectivity index (χ2v) is 5.42. The first kappa shape index (κ1) is 11.5. The topological polar surface area (TPSA) is 41.7 Å². The van der Waals surface area contributed by atoms with E-state index in [9.17, 15) is 0 Å². The Labute approximate surface area is 118 Å². The molecule has 0 fully saturated rings. The molecule has 0 unspecified atom stereocenters. The molecular formula is C16H17N3O. The largest absolute Gasteiger partial charge is 0.497 e. The van der Waals surface area contributed by atoms with E-state index in [4.69, 9.17) is 10.5 Å². The molecule has 0 radical (unpaired) electrons. The van der Waals surface area contributed by atoms with Gasteiger partial charge in [-0.2, -0.15) is 0 Å². The van der Waals surface area contributed by atoms with Crippen molar-refractivity contribution in [2.45, 2.75) is 13.1 Å². The van der Waals surface area contributed by atoms with Crippen molar-refractivity contribution in [3.63, 3.8) is 0 Å². The number of nitrogen functional groups attached to an aromatic ring is 1. The smallest absolute Gasteiger partial charge is 0.119 e. The summed E-state index contributed by atoms with van der Waals surface area (Å²) in [5.41, 5.74) is 12.0. The van der Waals surface area contributed by atoms with E-state index in [0.29, 0.717) is 0 Å². The molecule has 4 rings (SSSR count). The number of benzene rings is 2. The average Bonchev–Trinajstić information content (AvgIpc) is 2.46. The van der Waals surface area contributed by atoms with Crippen LogP contribution in [0.25, 0.3) is 0 Å². The van der Waals surface area contributed by atoms with Gasteiger partial charge in [0.25, 0.3) is 0 Å². The summed E-state index contributed by atoms with van der Waals surface area (Å²) in [6, 6.07) is 12.5. The molecule has 20 heavy (non-hydrogen) atoms. The summed E-state index contributed by atoms with van der Waals surface area (Å²) < 4.78 is 5.33. The van der Waals surface area contributed by atoms with Gasteiger partial charge in [0.15, 0.2) is 0 Å². The molecule has 4 heteroatoms. The highest BCUT2D eigenvalue weighted by Crippen LogP contribution is 2.39. The number of rotatable bonds is 1. The Morgan fingerprint density at radius 3 is 2.30 bits per heavy atom. The molecule has 0 spiro atoms. The summed E-state index contributed by atoms with van der Waals surface area (Å²) in [6.07, 6.45) is 0. The summed E-state index contributed by atoms with van der Waals surface area (Å²) in [5.74, 6) is 0.920. The molecule has 0 aromatic heterocycles. The van der Waals surface area contributed by atoms with Crippen LogP contribution in [0.1, 0.15) is 11.1 Å². The standard InChI is InChI=1S/C16H17N3O/c1-20-14-3-5-16-12(7-14)9-19-10-18(16)8-11-6-13(17)2-4-15(11)19/h2-7H,8-10,17H2,1H3. The zero-order chi connectivity index (χ0) is 13.7. The maximum Gasteiger partial charge on any atom is 0.119 e. The molecule has 2 aliphatic heterocycles. The van der Waals surface area contributed by atoms with Crippen LogP contribution in [0, 0.1) is 0 Å². The lowest BCUT2D eigenvalue weighted by Crippen LogP contribution is -2.46. The molecule has 2 N–H and O–H groups in total. The van der Waals surface area contributed by atoms with Crippen molar-refractivity contribution in [1.82, 2.24) is 0 Å². The van der Waals surface area contributed by atoms with Crippen molar-refractivity contribution in [2.75, 3.05) is 29.3 Å². The molecule has 102 valence electrons. The monoisotopic (exact) mass is 267 g/mol. The van der Waals surface area contributed by atoms with Gasteiger partial charge in [-0.1, -0.05) is 0 Å². The molecule has 0 saturated carbocycles. The van der Waals surface area contributed by atoms with Gasteiger partial charge >= 0.3 is 0 Å². The summed E-state index contributed by atoms with van der Waals surface area (Å²) in [6.45, 7) is 2.77. The predicted molar refractivity (Wildman–Crippen MR) is 81.1 cm³/mol. The maximum absolute atomic E-state index is 5.91. The quantitative estimate of drug-likeness (QED) is 0.806. The third-order valence-electron chi connectivity index (χ3n) is 4.14. The Kier molecular flexibility index (Phi) is 2.33. The Hall–Kier alpha value is -2.36. The zero-order valence-corrected chi connectivity index (χ0v) is 11.5. The van der Waals surface area contributed by atoms with E-state index in [1.54, 1.807) is 7.11 Å². The van der Waals surface area contributed by atoms with E-state index >= 15 is 0 Å². The number of anilines is 3. The van der Waals surface area contributed by atoms with Crippen LogP contribution in [-0.4, -0.2) is 13.8 Å². The van der Waals surface area contributed by atoms with E-state index in [0.717, 1.165) is 31.2 Å². The van der Waals surface area contributed by atoms with E-state index < -0.39 is 0 Å². The van der Waals surface area contributed by atoms with Gasteiger partial charge in [-0.05, 0) is 47.5 Å². The highest BCUT2D eigenvalue weighted by atomic mass is 16.5. The number of hydrogen-bond acceptors (Lipinski definition) is 4. The number of methoxy groups -OCH3 is 1. The Morgan fingerprint density at radius 2 is 1.60 bits per heavy atom. The van der Waals surface area contributed by atoms with E-state index in [2.05, 4.69) is 34.1 Å². The molecular weight excluding hydrogens is 250 g/mol. The lowest BCUT2D eigenvalue weighted by molar-refractivity contribution is 0.414. The van der Waals surface area contributed by atoms with Crippen LogP contribution in [0.2, 0.25) is 0 Å². The molecule has 0 aliphatic carbocycles. The van der Waals surface area contributed by atoms with E-state index in [-0.39, 0.29) is 0 Å². The van der Waals surface area contributed by atoms with Crippen LogP contribution < -0.4 is 20.3 Å². The molecule has 2 aliphatic rings. The van der Waals surface area contributed by atoms with Crippen molar-refractivity contribution in [2.24, 2.45) is 0 Å². The van der Waals surface area contributed by atoms with Gasteiger partial charge in [0.2, 0.25) is 0 Å². The van der Waals surface area contributed by atoms with Crippen molar-refractivity contribution >= 4 is 17.1 Å². The first-order valence-corrected chi connectivity index (χ1v) is 6.80. The zero-order valence-electron chi connectivity index (χ0n) is 11.5. The minimum absolute atomic E-state index is 0.834. The van der Waals surface area contributed by atoms with Crippen LogP contribution in [0.3, 0.4) is 0 Å². The second kappa shape index (κ2) is 4.07. The number of ether oxygens (including phenoxy) is 1. The van der Waals surface area contributed by atoms with Crippen molar-refractivity contribution < 1.29 is 4.74 Å². The minimum atomic E-state index is 0.834. The number of hydrogen-bond donors (Lipinski definition) is 1. The van der Waals surface area contributed by atoms with Crippen LogP contribution in [0.5, 0.6) is 5.75 Å². The van der Waals surface area contributed by atoms with Gasteiger partial charge < -0.3 is 20.3 Å². The fourth-order valence-electron chi connectivity index (χ4n) is 3.20. The van der Waals surface area contributed by atoms with Gasteiger partial charge in [-0.25, -0.2) is 0 Å². The third kappa shape index (κ3) is 1.61. The highest BCUT2D eigenvalue weighted by Gasteiger charge is 2.29. The van der Waals surface area contributed by atoms with Crippen molar-refractivity contribution in [3.8, 4) is 5.75 Å². The van der Waals surface area contributed by atoms with Crippen LogP contribution in [0.15, 0.2) is 36.4 Å². The van der Waals surface area contributed by atoms with Crippen LogP contribution in [0.4, 0.5) is 17.1 Å². The summed E-state index contributed by atoms with van der Waals surface area (Å²) in [4.78, 5) is 4.78. The molecule has 2 bridgehead atoms. The molecule has 0 atom stereocenters. The SMILES string of the molecule is COc1ccc2c(c1)CN1CN2Cc2cc(N)ccc21. The predicted octanol–water partition coefficient (Wildman–Crippen LogP) is 2.58. The highest BCUT2D eigenvalue weighted by molar-refractivity contribution is 5.70. The van der Waals surface area contributed by atoms with E-state index in [1.165, 1.54) is 22.5 Å². The number of nitrogens with zero attached hydrogens (tertiary/aromatic N) is 2. The van der Waals surface area contributed by atoms with Crippen LogP contribution >= 0.6 is 0 Å². The normalized spacial score (nSPS) is 15.7. The molecule has 2 heterocycles. The van der Waals surface area contributed by atoms with Crippen LogP contribution in [-0.2, 0) is 13.1 Å². The molecule has 0 amide bonds. The van der Waals surface area contributed by atoms with Crippen molar-refractivity contribution in [3.05, 3.63) is 47.5 Å². The molecule has 4 nitrogen and oxygen atoms in total. The van der Waals surface area contributed by atoms with Gasteiger partial charge in [0, 0.05) is 30.2 Å². The Bertz CT molecular complexity index is 683. The first-order valence-electron chi connectivity index (χ1n) is 6.80. The Balaban J connectivity index is 1.80. The maximum atomic E-state index is 5.91. The lowest BCUT2D eigenvalue weighted by atomic mass is 10.0. The first-order chi connectivity index (χ1) is 9.74. The fraction of sp³-hybridized carbons (Fsp3) is 0.250. The summed E-state index contributed by atoms with van der Waals surface area (Å²) >= 11 is 0. The third-order valence-corrected chi connectivity index (χ3v) is 4.14.